The first-order valence-electron chi connectivity index (χ1n) is 8.36. The van der Waals surface area contributed by atoms with Gasteiger partial charge in [0.2, 0.25) is 5.13 Å². The van der Waals surface area contributed by atoms with E-state index in [4.69, 9.17) is 4.74 Å². The number of hydrogen-bond acceptors (Lipinski definition) is 7. The van der Waals surface area contributed by atoms with Crippen molar-refractivity contribution < 1.29 is 26.7 Å². The first kappa shape index (κ1) is 21.6. The van der Waals surface area contributed by atoms with Gasteiger partial charge in [0, 0.05) is 43.3 Å². The molecule has 0 radical (unpaired) electrons. The van der Waals surface area contributed by atoms with E-state index < -0.39 is 32.3 Å². The van der Waals surface area contributed by atoms with Crippen molar-refractivity contribution in [2.75, 3.05) is 18.8 Å². The van der Waals surface area contributed by atoms with Crippen LogP contribution in [0.1, 0.15) is 15.9 Å². The molecular weight excluding hydrogens is 438 g/mol. The first-order chi connectivity index (χ1) is 14.1. The van der Waals surface area contributed by atoms with E-state index >= 15 is 0 Å². The van der Waals surface area contributed by atoms with E-state index in [1.165, 1.54) is 17.0 Å². The molecule has 3 aromatic rings. The smallest absolute Gasteiger partial charge is 0.266 e. The maximum atomic E-state index is 14.5. The Kier molecular flexibility index (Phi) is 5.99. The summed E-state index contributed by atoms with van der Waals surface area (Å²) in [4.78, 5) is 16.3. The minimum atomic E-state index is -4.42. The second kappa shape index (κ2) is 8.32. The van der Waals surface area contributed by atoms with Crippen LogP contribution < -0.4 is 9.46 Å². The number of sulfonamides is 1. The van der Waals surface area contributed by atoms with E-state index in [1.807, 2.05) is 4.72 Å². The van der Waals surface area contributed by atoms with Crippen molar-refractivity contribution >= 4 is 32.6 Å². The maximum absolute atomic E-state index is 14.5. The van der Waals surface area contributed by atoms with Crippen LogP contribution >= 0.6 is 11.5 Å². The lowest BCUT2D eigenvalue weighted by Crippen LogP contribution is -2.21. The van der Waals surface area contributed by atoms with Gasteiger partial charge in [-0.1, -0.05) is 0 Å². The topological polar surface area (TPSA) is 101 Å². The predicted octanol–water partition coefficient (Wildman–Crippen LogP) is 3.42. The molecule has 158 valence electrons. The van der Waals surface area contributed by atoms with Crippen molar-refractivity contribution in [2.24, 2.45) is 0 Å². The van der Waals surface area contributed by atoms with Gasteiger partial charge in [-0.2, -0.15) is 4.37 Å². The molecule has 3 rings (SSSR count). The third-order valence-corrected chi connectivity index (χ3v) is 5.85. The van der Waals surface area contributed by atoms with Gasteiger partial charge < -0.3 is 9.64 Å². The van der Waals surface area contributed by atoms with Crippen molar-refractivity contribution in [3.8, 4) is 11.5 Å². The summed E-state index contributed by atoms with van der Waals surface area (Å²) in [7, 11) is -1.27. The Morgan fingerprint density at radius 2 is 1.87 bits per heavy atom. The summed E-state index contributed by atoms with van der Waals surface area (Å²) in [6, 6.07) is 5.68. The molecule has 0 atom stereocenters. The lowest BCUT2D eigenvalue weighted by molar-refractivity contribution is 0.0827. The summed E-state index contributed by atoms with van der Waals surface area (Å²) in [5.41, 5.74) is 0.968. The number of hydrogen-bond donors (Lipinski definition) is 1. The number of halogens is 2. The predicted molar refractivity (Wildman–Crippen MR) is 106 cm³/mol. The summed E-state index contributed by atoms with van der Waals surface area (Å²) in [6.45, 7) is 1.71. The minimum absolute atomic E-state index is 0.0898. The number of aromatic nitrogens is 2. The lowest BCUT2D eigenvalue weighted by atomic mass is 10.1. The zero-order valence-corrected chi connectivity index (χ0v) is 17.6. The Labute approximate surface area is 175 Å². The summed E-state index contributed by atoms with van der Waals surface area (Å²) in [5, 5.41) is -0.0898. The van der Waals surface area contributed by atoms with E-state index in [9.17, 15) is 22.0 Å². The van der Waals surface area contributed by atoms with Crippen LogP contribution in [0.2, 0.25) is 0 Å². The Morgan fingerprint density at radius 1 is 1.13 bits per heavy atom. The maximum Gasteiger partial charge on any atom is 0.266 e. The third-order valence-electron chi connectivity index (χ3n) is 3.79. The van der Waals surface area contributed by atoms with Gasteiger partial charge >= 0.3 is 0 Å². The second-order valence-electron chi connectivity index (χ2n) is 6.40. The van der Waals surface area contributed by atoms with Gasteiger partial charge in [0.05, 0.1) is 0 Å². The van der Waals surface area contributed by atoms with E-state index in [0.717, 1.165) is 17.9 Å². The molecule has 0 saturated heterocycles. The first-order valence-corrected chi connectivity index (χ1v) is 10.6. The highest BCUT2D eigenvalue weighted by molar-refractivity contribution is 7.93. The molecule has 0 fully saturated rings. The highest BCUT2D eigenvalue weighted by atomic mass is 32.2. The van der Waals surface area contributed by atoms with Gasteiger partial charge in [-0.25, -0.2) is 22.2 Å². The molecule has 0 aliphatic carbocycles. The van der Waals surface area contributed by atoms with Crippen LogP contribution in [0, 0.1) is 18.6 Å². The van der Waals surface area contributed by atoms with E-state index in [0.29, 0.717) is 23.3 Å². The van der Waals surface area contributed by atoms with Crippen LogP contribution in [0.4, 0.5) is 13.9 Å². The summed E-state index contributed by atoms with van der Waals surface area (Å²) in [5.74, 6) is -3.05. The van der Waals surface area contributed by atoms with Crippen molar-refractivity contribution in [2.45, 2.75) is 11.8 Å². The van der Waals surface area contributed by atoms with Crippen molar-refractivity contribution in [3.05, 3.63) is 59.4 Å². The van der Waals surface area contributed by atoms with E-state index in [-0.39, 0.29) is 16.8 Å². The number of anilines is 1. The molecule has 30 heavy (non-hydrogen) atoms. The third kappa shape index (κ3) is 4.71. The summed E-state index contributed by atoms with van der Waals surface area (Å²) >= 11 is 0.743. The number of carbonyl (C=O) groups is 1. The van der Waals surface area contributed by atoms with Crippen LogP contribution in [0.5, 0.6) is 11.5 Å². The number of nitrogens with one attached hydrogen (secondary N) is 1. The molecule has 1 heterocycles. The molecule has 0 aliphatic rings. The van der Waals surface area contributed by atoms with Gasteiger partial charge in [-0.05, 0) is 30.7 Å². The van der Waals surface area contributed by atoms with Gasteiger partial charge in [-0.15, -0.1) is 0 Å². The largest absolute Gasteiger partial charge is 0.454 e. The Balaban J connectivity index is 1.92. The SMILES string of the molecule is Cc1cc(Oc2cc(F)c(S(=O)(=O)Nc3ncns3)cc2F)cc(C(=O)N(C)C)c1. The van der Waals surface area contributed by atoms with Crippen LogP contribution in [0.15, 0.2) is 41.6 Å². The van der Waals surface area contributed by atoms with Gasteiger partial charge in [0.25, 0.3) is 15.9 Å². The number of ether oxygens (including phenoxy) is 1. The number of carbonyl (C=O) groups excluding carboxylic acids is 1. The molecule has 2 aromatic carbocycles. The van der Waals surface area contributed by atoms with Crippen molar-refractivity contribution in [3.63, 3.8) is 0 Å². The van der Waals surface area contributed by atoms with E-state index in [2.05, 4.69) is 9.36 Å². The number of amides is 1. The number of aryl methyl sites for hydroxylation is 1. The molecule has 1 N–H and O–H groups in total. The average molecular weight is 454 g/mol. The molecule has 12 heteroatoms. The highest BCUT2D eigenvalue weighted by Gasteiger charge is 2.24. The zero-order valence-electron chi connectivity index (χ0n) is 16.0. The van der Waals surface area contributed by atoms with Gasteiger partial charge in [-0.3, -0.25) is 9.52 Å². The number of nitrogens with zero attached hydrogens (tertiary/aromatic N) is 3. The highest BCUT2D eigenvalue weighted by Crippen LogP contribution is 2.31. The fourth-order valence-corrected chi connectivity index (χ4v) is 4.23. The standard InChI is InChI=1S/C18H16F2N4O4S2/c1-10-4-11(17(25)24(2)3)6-12(5-10)28-15-7-14(20)16(8-13(15)19)30(26,27)23-18-21-9-22-29-18/h4-9H,1-3H3,(H,21,22,23). The van der Waals surface area contributed by atoms with Crippen LogP contribution in [-0.2, 0) is 10.0 Å². The summed E-state index contributed by atoms with van der Waals surface area (Å²) in [6.07, 6.45) is 1.12. The molecule has 0 aliphatic heterocycles. The molecule has 0 unspecified atom stereocenters. The Morgan fingerprint density at radius 3 is 2.50 bits per heavy atom. The van der Waals surface area contributed by atoms with Gasteiger partial charge in [0.1, 0.15) is 22.8 Å². The number of rotatable bonds is 6. The quantitative estimate of drug-likeness (QED) is 0.613. The molecule has 0 saturated carbocycles. The van der Waals surface area contributed by atoms with Crippen molar-refractivity contribution in [1.29, 1.82) is 0 Å². The minimum Gasteiger partial charge on any atom is -0.454 e. The summed E-state index contributed by atoms with van der Waals surface area (Å²) < 4.78 is 64.7. The van der Waals surface area contributed by atoms with E-state index in [1.54, 1.807) is 27.1 Å². The normalized spacial score (nSPS) is 11.2. The Hall–Kier alpha value is -3.12. The average Bonchev–Trinajstić information content (AvgIpc) is 3.15. The van der Waals surface area contributed by atoms with Gasteiger partial charge in [0.15, 0.2) is 11.6 Å². The molecular formula is C18H16F2N4O4S2. The number of benzene rings is 2. The molecule has 8 nitrogen and oxygen atoms in total. The molecule has 0 spiro atoms. The van der Waals surface area contributed by atoms with Crippen LogP contribution in [0.3, 0.4) is 0 Å². The zero-order chi connectivity index (χ0) is 22.1. The monoisotopic (exact) mass is 454 g/mol. The Bertz CT molecular complexity index is 1200. The van der Waals surface area contributed by atoms with Crippen molar-refractivity contribution in [1.82, 2.24) is 14.3 Å². The fourth-order valence-electron chi connectivity index (χ4n) is 2.50. The fraction of sp³-hybridized carbons (Fsp3) is 0.167. The van der Waals surface area contributed by atoms with Crippen LogP contribution in [-0.4, -0.2) is 42.7 Å². The molecule has 0 bridgehead atoms. The molecule has 1 amide bonds. The van der Waals surface area contributed by atoms with Crippen LogP contribution in [0.25, 0.3) is 0 Å². The second-order valence-corrected chi connectivity index (χ2v) is 8.83. The lowest BCUT2D eigenvalue weighted by Gasteiger charge is -2.14. The molecule has 1 aromatic heterocycles.